The van der Waals surface area contributed by atoms with Crippen LogP contribution in [0.5, 0.6) is 11.5 Å². The van der Waals surface area contributed by atoms with E-state index in [4.69, 9.17) is 15.2 Å². The summed E-state index contributed by atoms with van der Waals surface area (Å²) >= 11 is 1.30. The van der Waals surface area contributed by atoms with Crippen LogP contribution in [-0.2, 0) is 0 Å². The Morgan fingerprint density at radius 1 is 1.00 bits per heavy atom. The first-order chi connectivity index (χ1) is 13.7. The summed E-state index contributed by atoms with van der Waals surface area (Å²) in [7, 11) is 0. The molecule has 0 saturated carbocycles. The summed E-state index contributed by atoms with van der Waals surface area (Å²) in [5.74, 6) is 1.08. The minimum Gasteiger partial charge on any atom is -0.486 e. The lowest BCUT2D eigenvalue weighted by Crippen LogP contribution is -2.15. The minimum atomic E-state index is -0.150. The minimum absolute atomic E-state index is 0.150. The zero-order valence-corrected chi connectivity index (χ0v) is 15.5. The second-order valence-corrected chi connectivity index (χ2v) is 7.32. The Morgan fingerprint density at radius 2 is 1.79 bits per heavy atom. The van der Waals surface area contributed by atoms with Gasteiger partial charge < -0.3 is 15.2 Å². The van der Waals surface area contributed by atoms with Crippen LogP contribution >= 0.6 is 11.3 Å². The number of pyridine rings is 2. The molecule has 5 rings (SSSR count). The number of ketones is 1. The van der Waals surface area contributed by atoms with E-state index in [1.54, 1.807) is 30.6 Å². The standard InChI is InChI=1S/C21H15N3O3S/c22-18-14-2-3-15(12-5-7-23-8-6-12)24-21(14)28-20(18)19(25)13-1-4-16-17(11-13)27-10-9-26-16/h1-8,11H,9-10,22H2. The number of fused-ring (bicyclic) bond motifs is 2. The van der Waals surface area contributed by atoms with E-state index in [9.17, 15) is 4.79 Å². The van der Waals surface area contributed by atoms with Gasteiger partial charge in [-0.25, -0.2) is 4.98 Å². The van der Waals surface area contributed by atoms with Crippen LogP contribution in [0, 0.1) is 0 Å². The van der Waals surface area contributed by atoms with Gasteiger partial charge in [0.25, 0.3) is 0 Å². The molecule has 28 heavy (non-hydrogen) atoms. The topological polar surface area (TPSA) is 87.3 Å². The normalized spacial score (nSPS) is 12.9. The SMILES string of the molecule is Nc1c(C(=O)c2ccc3c(c2)OCCO3)sc2nc(-c3ccncc3)ccc12. The van der Waals surface area contributed by atoms with Crippen molar-refractivity contribution in [1.82, 2.24) is 9.97 Å². The number of ether oxygens (including phenoxy) is 2. The molecular weight excluding hydrogens is 374 g/mol. The van der Waals surface area contributed by atoms with Gasteiger partial charge in [-0.15, -0.1) is 11.3 Å². The fourth-order valence-corrected chi connectivity index (χ4v) is 4.22. The molecule has 2 N–H and O–H groups in total. The van der Waals surface area contributed by atoms with Crippen molar-refractivity contribution in [3.8, 4) is 22.8 Å². The van der Waals surface area contributed by atoms with E-state index in [0.717, 1.165) is 21.5 Å². The van der Waals surface area contributed by atoms with Crippen LogP contribution < -0.4 is 15.2 Å². The van der Waals surface area contributed by atoms with Crippen molar-refractivity contribution in [3.05, 3.63) is 65.3 Å². The van der Waals surface area contributed by atoms with E-state index in [-0.39, 0.29) is 5.78 Å². The predicted octanol–water partition coefficient (Wildman–Crippen LogP) is 3.94. The Kier molecular flexibility index (Phi) is 3.95. The zero-order valence-electron chi connectivity index (χ0n) is 14.7. The molecule has 0 bridgehead atoms. The van der Waals surface area contributed by atoms with Crippen molar-refractivity contribution < 1.29 is 14.3 Å². The number of carbonyl (C=O) groups excluding carboxylic acids is 1. The first-order valence-corrected chi connectivity index (χ1v) is 9.56. The average Bonchev–Trinajstić information content (AvgIpc) is 3.09. The molecule has 4 aromatic rings. The van der Waals surface area contributed by atoms with Gasteiger partial charge in [0.1, 0.15) is 22.9 Å². The highest BCUT2D eigenvalue weighted by Crippen LogP contribution is 2.37. The molecule has 0 aliphatic carbocycles. The van der Waals surface area contributed by atoms with Crippen LogP contribution in [0.25, 0.3) is 21.5 Å². The molecule has 4 heterocycles. The number of aromatic nitrogens is 2. The molecule has 0 fully saturated rings. The van der Waals surface area contributed by atoms with Crippen molar-refractivity contribution in [2.24, 2.45) is 0 Å². The molecule has 6 nitrogen and oxygen atoms in total. The summed E-state index contributed by atoms with van der Waals surface area (Å²) in [5, 5.41) is 0.781. The molecule has 7 heteroatoms. The number of nitrogens with two attached hydrogens (primary N) is 1. The lowest BCUT2D eigenvalue weighted by molar-refractivity contribution is 0.104. The van der Waals surface area contributed by atoms with Gasteiger partial charge in [0.05, 0.1) is 11.4 Å². The van der Waals surface area contributed by atoms with Gasteiger partial charge >= 0.3 is 0 Å². The number of hydrogen-bond acceptors (Lipinski definition) is 7. The Hall–Kier alpha value is -3.45. The molecule has 1 aliphatic heterocycles. The molecule has 1 aromatic carbocycles. The molecule has 0 spiro atoms. The third-order valence-electron chi connectivity index (χ3n) is 4.58. The zero-order chi connectivity index (χ0) is 19.1. The number of benzene rings is 1. The second kappa shape index (κ2) is 6.61. The third kappa shape index (κ3) is 2.76. The smallest absolute Gasteiger partial charge is 0.205 e. The highest BCUT2D eigenvalue weighted by Gasteiger charge is 2.21. The number of carbonyl (C=O) groups is 1. The van der Waals surface area contributed by atoms with Crippen LogP contribution in [0.3, 0.4) is 0 Å². The van der Waals surface area contributed by atoms with E-state index >= 15 is 0 Å². The quantitative estimate of drug-likeness (QED) is 0.534. The number of thiophene rings is 1. The van der Waals surface area contributed by atoms with E-state index in [1.165, 1.54) is 11.3 Å². The molecule has 0 saturated heterocycles. The average molecular weight is 389 g/mol. The van der Waals surface area contributed by atoms with E-state index in [2.05, 4.69) is 9.97 Å². The lowest BCUT2D eigenvalue weighted by atomic mass is 10.1. The van der Waals surface area contributed by atoms with Gasteiger partial charge in [0.2, 0.25) is 5.78 Å². The Bertz CT molecular complexity index is 1200. The Morgan fingerprint density at radius 3 is 2.61 bits per heavy atom. The maximum absolute atomic E-state index is 13.1. The molecule has 0 atom stereocenters. The van der Waals surface area contributed by atoms with E-state index in [1.807, 2.05) is 24.3 Å². The molecule has 138 valence electrons. The number of hydrogen-bond donors (Lipinski definition) is 1. The molecule has 0 amide bonds. The fourth-order valence-electron chi connectivity index (χ4n) is 3.16. The van der Waals surface area contributed by atoms with Crippen LogP contribution in [0.15, 0.2) is 54.9 Å². The van der Waals surface area contributed by atoms with Gasteiger partial charge in [-0.05, 0) is 42.5 Å². The Balaban J connectivity index is 1.55. The highest BCUT2D eigenvalue weighted by atomic mass is 32.1. The summed E-state index contributed by atoms with van der Waals surface area (Å²) in [4.78, 5) is 23.0. The summed E-state index contributed by atoms with van der Waals surface area (Å²) in [6.07, 6.45) is 3.45. The Labute approximate surface area is 164 Å². The molecule has 1 aliphatic rings. The summed E-state index contributed by atoms with van der Waals surface area (Å²) in [5.41, 5.74) is 9.03. The van der Waals surface area contributed by atoms with E-state index < -0.39 is 0 Å². The van der Waals surface area contributed by atoms with E-state index in [0.29, 0.717) is 40.8 Å². The van der Waals surface area contributed by atoms with Crippen molar-refractivity contribution in [1.29, 1.82) is 0 Å². The molecule has 0 radical (unpaired) electrons. The number of nitrogens with zero attached hydrogens (tertiary/aromatic N) is 2. The third-order valence-corrected chi connectivity index (χ3v) is 5.69. The van der Waals surface area contributed by atoms with Crippen LogP contribution in [0.1, 0.15) is 15.2 Å². The fraction of sp³-hybridized carbons (Fsp3) is 0.0952. The van der Waals surface area contributed by atoms with Gasteiger partial charge in [-0.3, -0.25) is 9.78 Å². The maximum atomic E-state index is 13.1. The molecule has 3 aromatic heterocycles. The van der Waals surface area contributed by atoms with Crippen LogP contribution in [-0.4, -0.2) is 29.0 Å². The summed E-state index contributed by atoms with van der Waals surface area (Å²) in [6.45, 7) is 0.979. The summed E-state index contributed by atoms with van der Waals surface area (Å²) < 4.78 is 11.1. The highest BCUT2D eigenvalue weighted by molar-refractivity contribution is 7.21. The van der Waals surface area contributed by atoms with Gasteiger partial charge in [-0.2, -0.15) is 0 Å². The largest absolute Gasteiger partial charge is 0.486 e. The predicted molar refractivity (Wildman–Crippen MR) is 108 cm³/mol. The monoisotopic (exact) mass is 389 g/mol. The van der Waals surface area contributed by atoms with Crippen molar-refractivity contribution in [2.45, 2.75) is 0 Å². The molecule has 0 unspecified atom stereocenters. The van der Waals surface area contributed by atoms with Crippen molar-refractivity contribution >= 4 is 33.0 Å². The first-order valence-electron chi connectivity index (χ1n) is 8.74. The van der Waals surface area contributed by atoms with Crippen molar-refractivity contribution in [3.63, 3.8) is 0 Å². The van der Waals surface area contributed by atoms with Gasteiger partial charge in [0, 0.05) is 28.9 Å². The lowest BCUT2D eigenvalue weighted by Gasteiger charge is -2.18. The first kappa shape index (κ1) is 16.7. The van der Waals surface area contributed by atoms with Crippen molar-refractivity contribution in [2.75, 3.05) is 18.9 Å². The second-order valence-electron chi connectivity index (χ2n) is 6.32. The maximum Gasteiger partial charge on any atom is 0.205 e. The molecular formula is C21H15N3O3S. The van der Waals surface area contributed by atoms with Gasteiger partial charge in [-0.1, -0.05) is 0 Å². The number of anilines is 1. The van der Waals surface area contributed by atoms with Gasteiger partial charge in [0.15, 0.2) is 11.5 Å². The van der Waals surface area contributed by atoms with Crippen LogP contribution in [0.4, 0.5) is 5.69 Å². The summed E-state index contributed by atoms with van der Waals surface area (Å²) in [6, 6.07) is 12.8. The number of nitrogen functional groups attached to an aromatic ring is 1. The number of rotatable bonds is 3. The van der Waals surface area contributed by atoms with Crippen LogP contribution in [0.2, 0.25) is 0 Å².